The summed E-state index contributed by atoms with van der Waals surface area (Å²) in [5.74, 6) is 0.943. The first-order valence-corrected chi connectivity index (χ1v) is 6.53. The zero-order chi connectivity index (χ0) is 12.8. The second kappa shape index (κ2) is 8.02. The number of carbonyl (C=O) groups is 1. The summed E-state index contributed by atoms with van der Waals surface area (Å²) in [5, 5.41) is 15.3. The highest BCUT2D eigenvalue weighted by Gasteiger charge is 2.14. The number of nitrogens with one attached hydrogen (secondary N) is 2. The van der Waals surface area contributed by atoms with E-state index in [0.29, 0.717) is 12.3 Å². The van der Waals surface area contributed by atoms with Gasteiger partial charge >= 0.3 is 0 Å². The van der Waals surface area contributed by atoms with E-state index in [1.807, 2.05) is 0 Å². The number of hydrogen-bond donors (Lipinski definition) is 3. The number of rotatable bonds is 4. The molecule has 0 aliphatic carbocycles. The molecular formula is C14H21ClN2O2. The topological polar surface area (TPSA) is 61.4 Å². The van der Waals surface area contributed by atoms with Crippen LogP contribution in [0.5, 0.6) is 5.75 Å². The molecule has 3 N–H and O–H groups in total. The molecule has 0 atom stereocenters. The van der Waals surface area contributed by atoms with Crippen LogP contribution in [0.1, 0.15) is 25.7 Å². The predicted octanol–water partition coefficient (Wildman–Crippen LogP) is 2.53. The van der Waals surface area contributed by atoms with Crippen LogP contribution in [0.25, 0.3) is 0 Å². The lowest BCUT2D eigenvalue weighted by atomic mass is 9.93. The van der Waals surface area contributed by atoms with Crippen LogP contribution in [0.3, 0.4) is 0 Å². The number of aromatic hydroxyl groups is 1. The predicted molar refractivity (Wildman–Crippen MR) is 78.8 cm³/mol. The molecule has 0 unspecified atom stereocenters. The first-order chi connectivity index (χ1) is 8.74. The van der Waals surface area contributed by atoms with Gasteiger partial charge in [0.05, 0.1) is 0 Å². The molecular weight excluding hydrogens is 264 g/mol. The van der Waals surface area contributed by atoms with Crippen molar-refractivity contribution in [1.29, 1.82) is 0 Å². The molecule has 0 radical (unpaired) electrons. The highest BCUT2D eigenvalue weighted by molar-refractivity contribution is 5.90. The summed E-state index contributed by atoms with van der Waals surface area (Å²) in [6.45, 7) is 2.15. The maximum absolute atomic E-state index is 11.8. The molecule has 5 heteroatoms. The normalized spacial score (nSPS) is 15.6. The maximum atomic E-state index is 11.8. The van der Waals surface area contributed by atoms with Crippen molar-refractivity contribution < 1.29 is 9.90 Å². The highest BCUT2D eigenvalue weighted by atomic mass is 35.5. The molecule has 1 saturated heterocycles. The smallest absolute Gasteiger partial charge is 0.224 e. The molecule has 0 aromatic heterocycles. The molecule has 1 aromatic carbocycles. The Kier molecular flexibility index (Phi) is 6.67. The van der Waals surface area contributed by atoms with Crippen molar-refractivity contribution in [3.63, 3.8) is 0 Å². The van der Waals surface area contributed by atoms with Crippen LogP contribution in [0, 0.1) is 5.92 Å². The van der Waals surface area contributed by atoms with E-state index in [-0.39, 0.29) is 24.1 Å². The summed E-state index contributed by atoms with van der Waals surface area (Å²) in [5.41, 5.74) is 0.739. The van der Waals surface area contributed by atoms with Gasteiger partial charge in [-0.2, -0.15) is 0 Å². The van der Waals surface area contributed by atoms with Crippen LogP contribution in [0.2, 0.25) is 0 Å². The van der Waals surface area contributed by atoms with Crippen molar-refractivity contribution in [3.05, 3.63) is 24.3 Å². The summed E-state index contributed by atoms with van der Waals surface area (Å²) >= 11 is 0. The van der Waals surface area contributed by atoms with E-state index in [4.69, 9.17) is 5.11 Å². The lowest BCUT2D eigenvalue weighted by Gasteiger charge is -2.22. The lowest BCUT2D eigenvalue weighted by Crippen LogP contribution is -2.28. The van der Waals surface area contributed by atoms with E-state index in [1.54, 1.807) is 24.3 Å². The second-order valence-electron chi connectivity index (χ2n) is 4.83. The van der Waals surface area contributed by atoms with E-state index in [0.717, 1.165) is 25.2 Å². The molecule has 0 spiro atoms. The summed E-state index contributed by atoms with van der Waals surface area (Å²) in [6.07, 6.45) is 3.89. The third kappa shape index (κ3) is 5.49. The zero-order valence-corrected chi connectivity index (χ0v) is 11.7. The molecule has 0 saturated carbocycles. The highest BCUT2D eigenvalue weighted by Crippen LogP contribution is 2.19. The molecule has 1 aliphatic heterocycles. The van der Waals surface area contributed by atoms with Gasteiger partial charge in [0.1, 0.15) is 5.75 Å². The number of phenols is 1. The number of piperidine rings is 1. The Morgan fingerprint density at radius 1 is 1.26 bits per heavy atom. The van der Waals surface area contributed by atoms with E-state index in [9.17, 15) is 4.79 Å². The SMILES string of the molecule is Cl.O=C(CCC1CCNCC1)Nc1ccc(O)cc1. The van der Waals surface area contributed by atoms with E-state index >= 15 is 0 Å². The summed E-state index contributed by atoms with van der Waals surface area (Å²) in [6, 6.07) is 6.56. The van der Waals surface area contributed by atoms with Gasteiger partial charge in [0.25, 0.3) is 0 Å². The summed E-state index contributed by atoms with van der Waals surface area (Å²) in [4.78, 5) is 11.8. The molecule has 1 aromatic rings. The van der Waals surface area contributed by atoms with Crippen molar-refractivity contribution in [2.45, 2.75) is 25.7 Å². The largest absolute Gasteiger partial charge is 0.508 e. The van der Waals surface area contributed by atoms with Crippen LogP contribution < -0.4 is 10.6 Å². The van der Waals surface area contributed by atoms with Gasteiger partial charge in [0.2, 0.25) is 5.91 Å². The molecule has 1 amide bonds. The Morgan fingerprint density at radius 2 is 1.89 bits per heavy atom. The average Bonchev–Trinajstić information content (AvgIpc) is 2.40. The number of anilines is 1. The number of carbonyl (C=O) groups excluding carboxylic acids is 1. The lowest BCUT2D eigenvalue weighted by molar-refractivity contribution is -0.116. The van der Waals surface area contributed by atoms with E-state index in [2.05, 4.69) is 10.6 Å². The Morgan fingerprint density at radius 3 is 2.53 bits per heavy atom. The molecule has 2 rings (SSSR count). The zero-order valence-electron chi connectivity index (χ0n) is 10.9. The van der Waals surface area contributed by atoms with E-state index in [1.165, 1.54) is 12.8 Å². The van der Waals surface area contributed by atoms with Crippen LogP contribution in [0.15, 0.2) is 24.3 Å². The van der Waals surface area contributed by atoms with Gasteiger partial charge in [0, 0.05) is 12.1 Å². The third-order valence-electron chi connectivity index (χ3n) is 3.39. The van der Waals surface area contributed by atoms with Crippen molar-refractivity contribution in [2.24, 2.45) is 5.92 Å². The Bertz CT molecular complexity index is 389. The van der Waals surface area contributed by atoms with E-state index < -0.39 is 0 Å². The van der Waals surface area contributed by atoms with Crippen LogP contribution in [0.4, 0.5) is 5.69 Å². The monoisotopic (exact) mass is 284 g/mol. The fourth-order valence-corrected chi connectivity index (χ4v) is 2.27. The number of amides is 1. The molecule has 0 bridgehead atoms. The number of phenolic OH excluding ortho intramolecular Hbond substituents is 1. The number of halogens is 1. The fraction of sp³-hybridized carbons (Fsp3) is 0.500. The van der Waals surface area contributed by atoms with Crippen LogP contribution in [-0.2, 0) is 4.79 Å². The van der Waals surface area contributed by atoms with Crippen molar-refractivity contribution in [1.82, 2.24) is 5.32 Å². The van der Waals surface area contributed by atoms with Gasteiger partial charge < -0.3 is 15.7 Å². The standard InChI is InChI=1S/C14H20N2O2.ClH/c17-13-4-2-12(3-5-13)16-14(18)6-1-11-7-9-15-10-8-11;/h2-5,11,15,17H,1,6-10H2,(H,16,18);1H. The van der Waals surface area contributed by atoms with Gasteiger partial charge in [-0.1, -0.05) is 0 Å². The second-order valence-corrected chi connectivity index (χ2v) is 4.83. The van der Waals surface area contributed by atoms with Gasteiger partial charge in [-0.25, -0.2) is 0 Å². The molecule has 1 aliphatic rings. The van der Waals surface area contributed by atoms with Crippen LogP contribution >= 0.6 is 12.4 Å². The van der Waals surface area contributed by atoms with Crippen molar-refractivity contribution in [2.75, 3.05) is 18.4 Å². The quantitative estimate of drug-likeness (QED) is 0.745. The maximum Gasteiger partial charge on any atom is 0.224 e. The minimum Gasteiger partial charge on any atom is -0.508 e. The fourth-order valence-electron chi connectivity index (χ4n) is 2.27. The molecule has 1 fully saturated rings. The van der Waals surface area contributed by atoms with Gasteiger partial charge in [-0.05, 0) is 62.5 Å². The van der Waals surface area contributed by atoms with Crippen molar-refractivity contribution >= 4 is 24.0 Å². The van der Waals surface area contributed by atoms with Gasteiger partial charge in [-0.3, -0.25) is 4.79 Å². The molecule has 106 valence electrons. The van der Waals surface area contributed by atoms with Gasteiger partial charge in [0.15, 0.2) is 0 Å². The Balaban J connectivity index is 0.00000180. The van der Waals surface area contributed by atoms with Gasteiger partial charge in [-0.15, -0.1) is 12.4 Å². The summed E-state index contributed by atoms with van der Waals surface area (Å²) < 4.78 is 0. The third-order valence-corrected chi connectivity index (χ3v) is 3.39. The number of benzene rings is 1. The minimum atomic E-state index is 0. The summed E-state index contributed by atoms with van der Waals surface area (Å²) in [7, 11) is 0. The first-order valence-electron chi connectivity index (χ1n) is 6.53. The molecule has 1 heterocycles. The Labute approximate surface area is 120 Å². The molecule has 4 nitrogen and oxygen atoms in total. The van der Waals surface area contributed by atoms with Crippen molar-refractivity contribution in [3.8, 4) is 5.75 Å². The average molecular weight is 285 g/mol. The minimum absolute atomic E-state index is 0. The molecule has 19 heavy (non-hydrogen) atoms. The first kappa shape index (κ1) is 15.8. The van der Waals surface area contributed by atoms with Crippen LogP contribution in [-0.4, -0.2) is 24.1 Å². The number of hydrogen-bond acceptors (Lipinski definition) is 3. The Hall–Kier alpha value is -1.26.